The number of fused-ring (bicyclic) bond motifs is 2. The zero-order valence-corrected chi connectivity index (χ0v) is 35.8. The van der Waals surface area contributed by atoms with Crippen LogP contribution in [0.3, 0.4) is 0 Å². The molecule has 5 fully saturated rings. The van der Waals surface area contributed by atoms with Crippen molar-refractivity contribution in [3.8, 4) is 0 Å². The summed E-state index contributed by atoms with van der Waals surface area (Å²) in [5, 5.41) is 0. The van der Waals surface area contributed by atoms with Crippen LogP contribution in [0.5, 0.6) is 0 Å². The van der Waals surface area contributed by atoms with Crippen LogP contribution < -0.4 is 0 Å². The fourth-order valence-electron chi connectivity index (χ4n) is 17.1. The molecule has 0 radical (unpaired) electrons. The highest BCUT2D eigenvalue weighted by atomic mass is 14.7. The average molecular weight is 892 g/mol. The summed E-state index contributed by atoms with van der Waals surface area (Å²) < 4.78 is 0. The first-order chi connectivity index (χ1) is 21.3. The summed E-state index contributed by atoms with van der Waals surface area (Å²) in [6, 6.07) is 0. The van der Waals surface area contributed by atoms with E-state index in [4.69, 9.17) is 0 Å². The van der Waals surface area contributed by atoms with E-state index in [1.807, 2.05) is 0 Å². The van der Waals surface area contributed by atoms with Gasteiger partial charge in [-0.15, -0.1) is 0 Å². The zero-order chi connectivity index (χ0) is 35.8. The third kappa shape index (κ3) is 11.6. The quantitative estimate of drug-likeness (QED) is 0.264. The molecule has 5 saturated carbocycles. The molecule has 21 atom stereocenters. The second-order valence-electron chi connectivity index (χ2n) is 22.8. The Balaban J connectivity index is -0.000000193. The van der Waals surface area contributed by atoms with Crippen LogP contribution in [0.1, 0.15) is 263 Å². The van der Waals surface area contributed by atoms with Crippen LogP contribution in [0.25, 0.3) is 0 Å². The van der Waals surface area contributed by atoms with Crippen molar-refractivity contribution in [2.24, 2.45) is 146 Å². The number of hydrogen-bond donors (Lipinski definition) is 0. The normalized spacial score (nSPS) is 42.4. The van der Waals surface area contributed by atoms with Crippen molar-refractivity contribution < 1.29 is 0 Å². The third-order valence-corrected chi connectivity index (χ3v) is 21.8. The molecular weight excluding hydrogens is 745 g/mol. The lowest BCUT2D eigenvalue weighted by atomic mass is 9.44. The molecule has 0 aromatic heterocycles. The molecule has 0 bridgehead atoms. The summed E-state index contributed by atoms with van der Waals surface area (Å²) in [5.41, 5.74) is 1.52. The van der Waals surface area contributed by atoms with E-state index in [9.17, 15) is 0 Å². The molecule has 0 aromatic rings. The van der Waals surface area contributed by atoms with Gasteiger partial charge in [0.2, 0.25) is 0 Å². The SMILES string of the molecule is C.C.C.C.C.C.C.C.C.C.C.C.C.C.C.CC1[C@@H](C)[C@@H]([C@@H](C)[C@H]2[C@@H](C)[C@@H]3[C@H]([C@H]2C)[C@H](C)[C@H](C)C(C)(C)C3(C)C)C[C@@H]([C@H](C)[C@H]2[C@@H](C)[C@@H]3[C@H]([C@H]2C)[C@H](C)[C@H](C)C(C)(C)C3(C)C)[C@H]1C. The molecule has 0 heteroatoms. The van der Waals surface area contributed by atoms with Crippen LogP contribution in [0.4, 0.5) is 0 Å². The van der Waals surface area contributed by atoms with Crippen LogP contribution in [-0.2, 0) is 0 Å². The molecule has 394 valence electrons. The molecule has 0 saturated heterocycles. The van der Waals surface area contributed by atoms with E-state index in [-0.39, 0.29) is 111 Å². The van der Waals surface area contributed by atoms with Gasteiger partial charge in [-0.2, -0.15) is 0 Å². The minimum atomic E-state index is 0. The summed E-state index contributed by atoms with van der Waals surface area (Å²) in [5.74, 6) is 17.5. The molecule has 0 nitrogen and oxygen atoms in total. The Morgan fingerprint density at radius 3 is 0.742 bits per heavy atom. The van der Waals surface area contributed by atoms with Gasteiger partial charge >= 0.3 is 0 Å². The van der Waals surface area contributed by atoms with Gasteiger partial charge < -0.3 is 0 Å². The smallest absolute Gasteiger partial charge is 0.0266 e. The maximum absolute atomic E-state index is 2.76. The van der Waals surface area contributed by atoms with Gasteiger partial charge in [-0.25, -0.2) is 0 Å². The average Bonchev–Trinajstić information content (AvgIpc) is 3.40. The zero-order valence-electron chi connectivity index (χ0n) is 35.8. The molecule has 62 heavy (non-hydrogen) atoms. The lowest BCUT2D eigenvalue weighted by Crippen LogP contribution is -2.55. The third-order valence-electron chi connectivity index (χ3n) is 21.8. The Morgan fingerprint density at radius 2 is 0.516 bits per heavy atom. The van der Waals surface area contributed by atoms with Gasteiger partial charge in [-0.1, -0.05) is 257 Å². The first-order valence-corrected chi connectivity index (χ1v) is 21.3. The molecule has 5 aliphatic carbocycles. The van der Waals surface area contributed by atoms with E-state index < -0.39 is 0 Å². The van der Waals surface area contributed by atoms with Crippen LogP contribution in [-0.4, -0.2) is 0 Å². The second-order valence-corrected chi connectivity index (χ2v) is 22.8. The maximum Gasteiger partial charge on any atom is -0.0266 e. The Hall–Kier alpha value is 0. The van der Waals surface area contributed by atoms with Crippen LogP contribution in [0.15, 0.2) is 0 Å². The van der Waals surface area contributed by atoms with E-state index in [0.717, 1.165) is 124 Å². The van der Waals surface area contributed by atoms with E-state index in [1.54, 1.807) is 0 Å². The highest BCUT2D eigenvalue weighted by Gasteiger charge is 2.66. The lowest BCUT2D eigenvalue weighted by Gasteiger charge is -2.60. The molecule has 0 heterocycles. The van der Waals surface area contributed by atoms with Crippen molar-refractivity contribution in [1.29, 1.82) is 0 Å². The van der Waals surface area contributed by atoms with Crippen LogP contribution >= 0.6 is 0 Å². The number of rotatable bonds is 4. The Kier molecular flexibility index (Phi) is 40.6. The van der Waals surface area contributed by atoms with Crippen LogP contribution in [0, 0.1) is 146 Å². The number of hydrogen-bond acceptors (Lipinski definition) is 0. The van der Waals surface area contributed by atoms with E-state index in [0.29, 0.717) is 21.7 Å². The second kappa shape index (κ2) is 28.4. The summed E-state index contributed by atoms with van der Waals surface area (Å²) in [4.78, 5) is 0. The van der Waals surface area contributed by atoms with Crippen LogP contribution in [0.2, 0.25) is 0 Å². The van der Waals surface area contributed by atoms with Crippen molar-refractivity contribution in [2.75, 3.05) is 0 Å². The van der Waals surface area contributed by atoms with Gasteiger partial charge in [-0.05, 0) is 152 Å². The summed E-state index contributed by atoms with van der Waals surface area (Å²) in [6.45, 7) is 56.0. The summed E-state index contributed by atoms with van der Waals surface area (Å²) >= 11 is 0. The molecule has 0 aromatic carbocycles. The van der Waals surface area contributed by atoms with E-state index in [2.05, 4.69) is 145 Å². The van der Waals surface area contributed by atoms with Gasteiger partial charge in [0.1, 0.15) is 0 Å². The Labute approximate surface area is 407 Å². The Morgan fingerprint density at radius 1 is 0.290 bits per heavy atom. The predicted octanol–water partition coefficient (Wildman–Crippen LogP) is 23.3. The topological polar surface area (TPSA) is 0 Å². The van der Waals surface area contributed by atoms with Gasteiger partial charge in [0.25, 0.3) is 0 Å². The van der Waals surface area contributed by atoms with Gasteiger partial charge in [0.05, 0.1) is 0 Å². The largest absolute Gasteiger partial charge is 0.0776 e. The van der Waals surface area contributed by atoms with E-state index >= 15 is 0 Å². The lowest BCUT2D eigenvalue weighted by molar-refractivity contribution is -0.124. The molecule has 1 unspecified atom stereocenters. The highest BCUT2D eigenvalue weighted by molar-refractivity contribution is 5.14. The first-order valence-electron chi connectivity index (χ1n) is 21.3. The monoisotopic (exact) mass is 891 g/mol. The van der Waals surface area contributed by atoms with Crippen molar-refractivity contribution in [3.63, 3.8) is 0 Å². The van der Waals surface area contributed by atoms with Gasteiger partial charge in [0, 0.05) is 0 Å². The summed E-state index contributed by atoms with van der Waals surface area (Å²) in [6.07, 6.45) is 1.48. The molecule has 0 aliphatic heterocycles. The molecule has 5 aliphatic rings. The van der Waals surface area contributed by atoms with E-state index in [1.165, 1.54) is 6.42 Å². The predicted molar refractivity (Wildman–Crippen MR) is 308 cm³/mol. The van der Waals surface area contributed by atoms with Gasteiger partial charge in [0.15, 0.2) is 0 Å². The fraction of sp³-hybridized carbons (Fsp3) is 1.00. The van der Waals surface area contributed by atoms with Crippen molar-refractivity contribution in [2.45, 2.75) is 263 Å². The molecule has 0 spiro atoms. The highest BCUT2D eigenvalue weighted by Crippen LogP contribution is 2.71. The molecule has 0 N–H and O–H groups in total. The van der Waals surface area contributed by atoms with Crippen molar-refractivity contribution in [3.05, 3.63) is 0 Å². The minimum Gasteiger partial charge on any atom is -0.0776 e. The maximum atomic E-state index is 2.76. The fourth-order valence-corrected chi connectivity index (χ4v) is 17.1. The van der Waals surface area contributed by atoms with Crippen molar-refractivity contribution in [1.82, 2.24) is 0 Å². The molecule has 0 amide bonds. The summed E-state index contributed by atoms with van der Waals surface area (Å²) in [7, 11) is 0. The molecule has 5 rings (SSSR count). The van der Waals surface area contributed by atoms with Gasteiger partial charge in [-0.3, -0.25) is 0 Å². The standard InChI is InChI=1S/C47H86.15CH4/c1-23-24(2)36(28(6)38-30(8)40-26(4)34(12)44(14,15)46(18,19)42(40)32(38)10)22-37(25(23)3)29(7)39-31(9)41-27(5)35(13)45(16,17)47(20,21)43(41)33(39)11;;;;;;;;;;;;;;;/h23-43H,22H2,1-21H3;15*1H4/t23?,24-,25+,26-,27-,28-,29+,30+,31+,32-,33-,34+,35+,36+,37-,38-,39-,40+,41+,42-,43-;;;;;;;;;;;;;;;/m1.............../s1. The first kappa shape index (κ1) is 88.7. The minimum absolute atomic E-state index is 0. The Bertz CT molecular complexity index is 1030. The molecular formula is C62H146. The van der Waals surface area contributed by atoms with Crippen molar-refractivity contribution >= 4 is 0 Å².